The van der Waals surface area contributed by atoms with Gasteiger partial charge in [0, 0.05) is 36.1 Å². The Hall–Kier alpha value is -4.52. The Balaban J connectivity index is 1.42. The van der Waals surface area contributed by atoms with Gasteiger partial charge in [0.15, 0.2) is 0 Å². The number of hydrogen-bond donors (Lipinski definition) is 1. The minimum atomic E-state index is -4.58. The fraction of sp³-hybridized carbons (Fsp3) is 0.436. The fourth-order valence-corrected chi connectivity index (χ4v) is 7.03. The van der Waals surface area contributed by atoms with Crippen LogP contribution in [0, 0.1) is 0 Å². The third kappa shape index (κ3) is 10.5. The molecule has 3 aromatic carbocycles. The highest BCUT2D eigenvalue weighted by molar-refractivity contribution is 8.00. The van der Waals surface area contributed by atoms with Gasteiger partial charge in [0.2, 0.25) is 17.7 Å². The quantitative estimate of drug-likeness (QED) is 0.192. The van der Waals surface area contributed by atoms with E-state index in [1.807, 2.05) is 87.6 Å². The van der Waals surface area contributed by atoms with E-state index in [0.717, 1.165) is 29.5 Å². The number of halogens is 3. The first-order chi connectivity index (χ1) is 24.6. The number of amides is 4. The SMILES string of the molecule is CCN(CC[C@@H](CC(=O)N(c1ccc2c(c1)N(CC(=O)NCC(F)(F)F)C(=O)CS2)C1CC1)c1cccc(-c2ccccc2)c1)C(=O)OC(C)(C)C. The summed E-state index contributed by atoms with van der Waals surface area (Å²) in [5.74, 6) is -1.71. The van der Waals surface area contributed by atoms with Crippen LogP contribution in [0.25, 0.3) is 11.1 Å². The van der Waals surface area contributed by atoms with Gasteiger partial charge >= 0.3 is 12.3 Å². The average Bonchev–Trinajstić information content (AvgIpc) is 3.93. The smallest absolute Gasteiger partial charge is 0.410 e. The van der Waals surface area contributed by atoms with E-state index in [2.05, 4.69) is 6.07 Å². The van der Waals surface area contributed by atoms with Gasteiger partial charge in [-0.15, -0.1) is 11.8 Å². The summed E-state index contributed by atoms with van der Waals surface area (Å²) in [6.45, 7) is 6.07. The number of benzene rings is 3. The lowest BCUT2D eigenvalue weighted by molar-refractivity contribution is -0.137. The molecule has 13 heteroatoms. The zero-order chi connectivity index (χ0) is 37.6. The fourth-order valence-electron chi connectivity index (χ4n) is 6.12. The molecule has 0 unspecified atom stereocenters. The summed E-state index contributed by atoms with van der Waals surface area (Å²) in [6.07, 6.45) is -2.80. The predicted octanol–water partition coefficient (Wildman–Crippen LogP) is 7.79. The van der Waals surface area contributed by atoms with E-state index >= 15 is 0 Å². The minimum Gasteiger partial charge on any atom is -0.444 e. The number of carbonyl (C=O) groups excluding carboxylic acids is 4. The topological polar surface area (TPSA) is 99.3 Å². The molecule has 0 bridgehead atoms. The molecule has 0 spiro atoms. The second-order valence-electron chi connectivity index (χ2n) is 14.0. The number of nitrogens with zero attached hydrogens (tertiary/aromatic N) is 3. The zero-order valence-corrected chi connectivity index (χ0v) is 30.7. The van der Waals surface area contributed by atoms with Crippen LogP contribution < -0.4 is 15.1 Å². The third-order valence-electron chi connectivity index (χ3n) is 8.80. The molecule has 9 nitrogen and oxygen atoms in total. The number of carbonyl (C=O) groups is 4. The van der Waals surface area contributed by atoms with Crippen molar-refractivity contribution >= 4 is 47.0 Å². The van der Waals surface area contributed by atoms with Crippen molar-refractivity contribution in [2.24, 2.45) is 0 Å². The van der Waals surface area contributed by atoms with E-state index in [4.69, 9.17) is 4.74 Å². The largest absolute Gasteiger partial charge is 0.444 e. The van der Waals surface area contributed by atoms with Crippen molar-refractivity contribution in [2.45, 2.75) is 82.0 Å². The van der Waals surface area contributed by atoms with Crippen molar-refractivity contribution in [3.63, 3.8) is 0 Å². The van der Waals surface area contributed by atoms with Crippen molar-refractivity contribution in [3.8, 4) is 11.1 Å². The Labute approximate surface area is 306 Å². The first-order valence-electron chi connectivity index (χ1n) is 17.5. The molecule has 1 saturated carbocycles. The number of anilines is 2. The van der Waals surface area contributed by atoms with Gasteiger partial charge in [-0.1, -0.05) is 54.6 Å². The number of fused-ring (bicyclic) bond motifs is 1. The molecule has 52 heavy (non-hydrogen) atoms. The Bertz CT molecular complexity index is 1760. The van der Waals surface area contributed by atoms with E-state index in [1.54, 1.807) is 21.9 Å². The first kappa shape index (κ1) is 38.7. The highest BCUT2D eigenvalue weighted by Crippen LogP contribution is 2.41. The number of rotatable bonds is 13. The van der Waals surface area contributed by atoms with Gasteiger partial charge in [0.05, 0.1) is 11.4 Å². The maximum atomic E-state index is 14.4. The standard InChI is InChI=1S/C39H45F3N4O5S/c1-5-44(37(50)51-38(2,3)4)19-18-29(28-13-9-12-27(20-28)26-10-7-6-8-11-26)21-35(48)46(30-14-15-30)31-16-17-33-32(22-31)45(36(49)24-52-33)23-34(47)43-25-39(40,41)42/h6-13,16-17,20,22,29-30H,5,14-15,18-19,21,23-25H2,1-4H3,(H,43,47)/t29-/m0/s1. The van der Waals surface area contributed by atoms with Gasteiger partial charge in [-0.2, -0.15) is 13.2 Å². The van der Waals surface area contributed by atoms with Crippen LogP contribution in [0.4, 0.5) is 29.3 Å². The normalized spacial score (nSPS) is 15.1. The molecule has 2 aliphatic rings. The number of alkyl halides is 3. The molecule has 5 rings (SSSR count). The van der Waals surface area contributed by atoms with E-state index in [9.17, 15) is 32.3 Å². The summed E-state index contributed by atoms with van der Waals surface area (Å²) in [4.78, 5) is 58.1. The van der Waals surface area contributed by atoms with Crippen LogP contribution in [0.3, 0.4) is 0 Å². The zero-order valence-electron chi connectivity index (χ0n) is 29.9. The molecule has 4 amide bonds. The van der Waals surface area contributed by atoms with E-state index in [1.165, 1.54) is 16.7 Å². The molecular weight excluding hydrogens is 694 g/mol. The van der Waals surface area contributed by atoms with E-state index in [0.29, 0.717) is 35.8 Å². The van der Waals surface area contributed by atoms with Crippen LogP contribution in [0.15, 0.2) is 77.7 Å². The van der Waals surface area contributed by atoms with Gasteiger partial charge in [0.1, 0.15) is 18.7 Å². The molecule has 1 fully saturated rings. The van der Waals surface area contributed by atoms with Gasteiger partial charge < -0.3 is 24.8 Å². The predicted molar refractivity (Wildman–Crippen MR) is 196 cm³/mol. The third-order valence-corrected chi connectivity index (χ3v) is 9.85. The molecule has 0 saturated heterocycles. The molecular formula is C39H45F3N4O5S. The van der Waals surface area contributed by atoms with Crippen LogP contribution in [0.5, 0.6) is 0 Å². The summed E-state index contributed by atoms with van der Waals surface area (Å²) in [5, 5.41) is 1.84. The molecule has 1 aliphatic carbocycles. The molecule has 1 atom stereocenters. The molecule has 3 aromatic rings. The summed E-state index contributed by atoms with van der Waals surface area (Å²) in [5.41, 5.74) is 3.26. The van der Waals surface area contributed by atoms with Crippen molar-refractivity contribution < 1.29 is 37.1 Å². The summed E-state index contributed by atoms with van der Waals surface area (Å²) >= 11 is 1.27. The minimum absolute atomic E-state index is 0.0337. The van der Waals surface area contributed by atoms with Crippen molar-refractivity contribution in [1.82, 2.24) is 10.2 Å². The number of hydrogen-bond acceptors (Lipinski definition) is 6. The Kier molecular flexibility index (Phi) is 12.2. The highest BCUT2D eigenvalue weighted by Gasteiger charge is 2.37. The van der Waals surface area contributed by atoms with E-state index < -0.39 is 42.8 Å². The molecule has 0 aromatic heterocycles. The lowest BCUT2D eigenvalue weighted by Crippen LogP contribution is -2.45. The molecule has 1 aliphatic heterocycles. The molecule has 1 N–H and O–H groups in total. The lowest BCUT2D eigenvalue weighted by Gasteiger charge is -2.32. The van der Waals surface area contributed by atoms with Crippen LogP contribution in [-0.4, -0.2) is 78.5 Å². The maximum Gasteiger partial charge on any atom is 0.410 e. The second kappa shape index (κ2) is 16.4. The van der Waals surface area contributed by atoms with Crippen LogP contribution >= 0.6 is 11.8 Å². The highest BCUT2D eigenvalue weighted by atomic mass is 32.2. The summed E-state index contributed by atoms with van der Waals surface area (Å²) in [6, 6.07) is 23.2. The molecule has 0 radical (unpaired) electrons. The van der Waals surface area contributed by atoms with Gasteiger partial charge in [-0.05, 0) is 87.8 Å². The van der Waals surface area contributed by atoms with Crippen molar-refractivity contribution in [1.29, 1.82) is 0 Å². The van der Waals surface area contributed by atoms with Crippen molar-refractivity contribution in [3.05, 3.63) is 78.4 Å². The number of thioether (sulfide) groups is 1. The molecule has 1 heterocycles. The van der Waals surface area contributed by atoms with E-state index in [-0.39, 0.29) is 30.0 Å². The van der Waals surface area contributed by atoms with Crippen LogP contribution in [-0.2, 0) is 19.1 Å². The van der Waals surface area contributed by atoms with Crippen LogP contribution in [0.1, 0.15) is 64.9 Å². The van der Waals surface area contributed by atoms with Crippen molar-refractivity contribution in [2.75, 3.05) is 41.7 Å². The van der Waals surface area contributed by atoms with Crippen LogP contribution in [0.2, 0.25) is 0 Å². The van der Waals surface area contributed by atoms with Gasteiger partial charge in [0.25, 0.3) is 0 Å². The Morgan fingerprint density at radius 2 is 1.69 bits per heavy atom. The molecule has 278 valence electrons. The number of ether oxygens (including phenoxy) is 1. The average molecular weight is 739 g/mol. The van der Waals surface area contributed by atoms with Gasteiger partial charge in [-0.25, -0.2) is 4.79 Å². The van der Waals surface area contributed by atoms with Gasteiger partial charge in [-0.3, -0.25) is 14.4 Å². The maximum absolute atomic E-state index is 14.4. The monoisotopic (exact) mass is 738 g/mol. The summed E-state index contributed by atoms with van der Waals surface area (Å²) < 4.78 is 43.9. The number of nitrogens with one attached hydrogen (secondary N) is 1. The first-order valence-corrected chi connectivity index (χ1v) is 18.5. The Morgan fingerprint density at radius 1 is 0.981 bits per heavy atom. The Morgan fingerprint density at radius 3 is 2.35 bits per heavy atom. The summed E-state index contributed by atoms with van der Waals surface area (Å²) in [7, 11) is 0. The lowest BCUT2D eigenvalue weighted by atomic mass is 9.89. The second-order valence-corrected chi connectivity index (χ2v) is 15.1.